The van der Waals surface area contributed by atoms with Crippen LogP contribution in [0.4, 0.5) is 4.79 Å². The van der Waals surface area contributed by atoms with Crippen LogP contribution in [-0.2, 0) is 4.74 Å². The van der Waals surface area contributed by atoms with E-state index in [0.29, 0.717) is 0 Å². The predicted molar refractivity (Wildman–Crippen MR) is 53.3 cm³/mol. The molecule has 1 N–H and O–H groups in total. The molecule has 1 rings (SSSR count). The van der Waals surface area contributed by atoms with Gasteiger partial charge in [-0.2, -0.15) is 0 Å². The largest absolute Gasteiger partial charge is 0.446 e. The Labute approximate surface area is 85.0 Å². The lowest BCUT2D eigenvalue weighted by Gasteiger charge is -2.24. The lowest BCUT2D eigenvalue weighted by Crippen LogP contribution is -2.36. The summed E-state index contributed by atoms with van der Waals surface area (Å²) in [5, 5.41) is 3.21. The Balaban J connectivity index is 0.00000144. The number of hydrogen-bond donors (Lipinski definition) is 1. The molecule has 5 heteroatoms. The van der Waals surface area contributed by atoms with Crippen LogP contribution in [-0.4, -0.2) is 44.3 Å². The fourth-order valence-electron chi connectivity index (χ4n) is 1.16. The first kappa shape index (κ1) is 12.5. The van der Waals surface area contributed by atoms with Crippen molar-refractivity contribution in [2.45, 2.75) is 18.9 Å². The molecule has 78 valence electrons. The number of nitrogens with zero attached hydrogens (tertiary/aromatic N) is 1. The van der Waals surface area contributed by atoms with Gasteiger partial charge in [-0.1, -0.05) is 0 Å². The predicted octanol–water partition coefficient (Wildman–Crippen LogP) is 0.858. The molecule has 0 aromatic heterocycles. The number of nitrogens with one attached hydrogen (secondary N) is 1. The summed E-state index contributed by atoms with van der Waals surface area (Å²) in [6.07, 6.45) is 1.74. The molecule has 0 unspecified atom stereocenters. The second-order valence-electron chi connectivity index (χ2n) is 3.23. The first-order chi connectivity index (χ1) is 5.70. The highest BCUT2D eigenvalue weighted by atomic mass is 35.5. The van der Waals surface area contributed by atoms with E-state index in [2.05, 4.69) is 5.32 Å². The van der Waals surface area contributed by atoms with Crippen molar-refractivity contribution in [1.82, 2.24) is 10.2 Å². The maximum absolute atomic E-state index is 11.1. The number of hydrogen-bond acceptors (Lipinski definition) is 3. The van der Waals surface area contributed by atoms with Crippen molar-refractivity contribution in [2.75, 3.05) is 27.2 Å². The lowest BCUT2D eigenvalue weighted by molar-refractivity contribution is 0.0594. The number of ether oxygens (including phenoxy) is 1. The zero-order valence-corrected chi connectivity index (χ0v) is 8.89. The van der Waals surface area contributed by atoms with Crippen molar-refractivity contribution in [3.8, 4) is 0 Å². The third-order valence-electron chi connectivity index (χ3n) is 1.92. The Bertz CT molecular complexity index is 158. The van der Waals surface area contributed by atoms with Gasteiger partial charge in [-0.3, -0.25) is 0 Å². The zero-order chi connectivity index (χ0) is 8.97. The van der Waals surface area contributed by atoms with E-state index in [0.717, 1.165) is 25.9 Å². The maximum atomic E-state index is 11.1. The minimum atomic E-state index is -0.234. The smallest absolute Gasteiger partial charge is 0.409 e. The molecule has 0 atom stereocenters. The van der Waals surface area contributed by atoms with Crippen molar-refractivity contribution in [3.05, 3.63) is 0 Å². The van der Waals surface area contributed by atoms with Crippen molar-refractivity contribution >= 4 is 18.5 Å². The van der Waals surface area contributed by atoms with Gasteiger partial charge in [-0.05, 0) is 25.9 Å². The van der Waals surface area contributed by atoms with Crippen molar-refractivity contribution in [3.63, 3.8) is 0 Å². The van der Waals surface area contributed by atoms with Crippen LogP contribution in [0, 0.1) is 0 Å². The van der Waals surface area contributed by atoms with E-state index in [9.17, 15) is 4.79 Å². The first-order valence-corrected chi connectivity index (χ1v) is 4.29. The third kappa shape index (κ3) is 4.33. The molecule has 0 aromatic rings. The van der Waals surface area contributed by atoms with Crippen molar-refractivity contribution in [1.29, 1.82) is 0 Å². The molecule has 1 heterocycles. The fourth-order valence-corrected chi connectivity index (χ4v) is 1.16. The minimum absolute atomic E-state index is 0. The molecule has 1 fully saturated rings. The van der Waals surface area contributed by atoms with Gasteiger partial charge < -0.3 is 15.0 Å². The highest BCUT2D eigenvalue weighted by molar-refractivity contribution is 5.85. The van der Waals surface area contributed by atoms with Gasteiger partial charge in [0.05, 0.1) is 0 Å². The van der Waals surface area contributed by atoms with Crippen LogP contribution in [0.25, 0.3) is 0 Å². The molecule has 0 aliphatic carbocycles. The van der Waals surface area contributed by atoms with Gasteiger partial charge in [0, 0.05) is 14.1 Å². The van der Waals surface area contributed by atoms with Crippen LogP contribution in [0.5, 0.6) is 0 Å². The monoisotopic (exact) mass is 208 g/mol. The Morgan fingerprint density at radius 1 is 1.38 bits per heavy atom. The van der Waals surface area contributed by atoms with Crippen LogP contribution < -0.4 is 5.32 Å². The summed E-state index contributed by atoms with van der Waals surface area (Å²) in [5.74, 6) is 0. The minimum Gasteiger partial charge on any atom is -0.446 e. The number of halogens is 1. The summed E-state index contributed by atoms with van der Waals surface area (Å²) in [4.78, 5) is 12.6. The van der Waals surface area contributed by atoms with Crippen LogP contribution in [0.1, 0.15) is 12.8 Å². The van der Waals surface area contributed by atoms with E-state index >= 15 is 0 Å². The standard InChI is InChI=1S/C8H16N2O2.ClH/c1-10(2)8(11)12-7-3-5-9-6-4-7;/h7,9H,3-6H2,1-2H3;1H. The molecule has 0 saturated carbocycles. The second kappa shape index (κ2) is 6.05. The molecule has 0 spiro atoms. The van der Waals surface area contributed by atoms with Gasteiger partial charge >= 0.3 is 6.09 Å². The quantitative estimate of drug-likeness (QED) is 0.695. The number of carbonyl (C=O) groups is 1. The van der Waals surface area contributed by atoms with Gasteiger partial charge in [0.1, 0.15) is 6.10 Å². The van der Waals surface area contributed by atoms with Gasteiger partial charge in [-0.15, -0.1) is 12.4 Å². The molecule has 4 nitrogen and oxygen atoms in total. The zero-order valence-electron chi connectivity index (χ0n) is 8.08. The average Bonchev–Trinajstić information content (AvgIpc) is 2.06. The van der Waals surface area contributed by atoms with Crippen LogP contribution >= 0.6 is 12.4 Å². The number of amides is 1. The number of piperidine rings is 1. The van der Waals surface area contributed by atoms with E-state index in [4.69, 9.17) is 4.74 Å². The summed E-state index contributed by atoms with van der Waals surface area (Å²) in [6.45, 7) is 1.90. The Hall–Kier alpha value is -0.480. The molecule has 1 amide bonds. The third-order valence-corrected chi connectivity index (χ3v) is 1.92. The Morgan fingerprint density at radius 2 is 1.92 bits per heavy atom. The first-order valence-electron chi connectivity index (χ1n) is 4.29. The highest BCUT2D eigenvalue weighted by Gasteiger charge is 2.17. The molecule has 0 bridgehead atoms. The van der Waals surface area contributed by atoms with Crippen molar-refractivity contribution in [2.24, 2.45) is 0 Å². The maximum Gasteiger partial charge on any atom is 0.409 e. The molecule has 1 saturated heterocycles. The van der Waals surface area contributed by atoms with Gasteiger partial charge in [0.2, 0.25) is 0 Å². The number of carbonyl (C=O) groups excluding carboxylic acids is 1. The van der Waals surface area contributed by atoms with E-state index in [1.165, 1.54) is 4.90 Å². The summed E-state index contributed by atoms with van der Waals surface area (Å²) < 4.78 is 5.20. The fraction of sp³-hybridized carbons (Fsp3) is 0.875. The van der Waals surface area contributed by atoms with Crippen molar-refractivity contribution < 1.29 is 9.53 Å². The molecular weight excluding hydrogens is 192 g/mol. The topological polar surface area (TPSA) is 41.6 Å². The summed E-state index contributed by atoms with van der Waals surface area (Å²) in [6, 6.07) is 0. The Kier molecular flexibility index (Phi) is 5.82. The highest BCUT2D eigenvalue weighted by Crippen LogP contribution is 2.07. The molecule has 1 aliphatic rings. The second-order valence-corrected chi connectivity index (χ2v) is 3.23. The molecule has 13 heavy (non-hydrogen) atoms. The average molecular weight is 209 g/mol. The van der Waals surface area contributed by atoms with Gasteiger partial charge in [0.15, 0.2) is 0 Å². The molecule has 0 radical (unpaired) electrons. The van der Waals surface area contributed by atoms with E-state index in [1.807, 2.05) is 0 Å². The van der Waals surface area contributed by atoms with Gasteiger partial charge in [-0.25, -0.2) is 4.79 Å². The van der Waals surface area contributed by atoms with Crippen LogP contribution in [0.15, 0.2) is 0 Å². The normalized spacial score (nSPS) is 17.4. The SMILES string of the molecule is CN(C)C(=O)OC1CCNCC1.Cl. The lowest BCUT2D eigenvalue weighted by atomic mass is 10.1. The molecule has 1 aliphatic heterocycles. The summed E-state index contributed by atoms with van der Waals surface area (Å²) in [5.41, 5.74) is 0. The van der Waals surface area contributed by atoms with Gasteiger partial charge in [0.25, 0.3) is 0 Å². The van der Waals surface area contributed by atoms with Crippen LogP contribution in [0.3, 0.4) is 0 Å². The van der Waals surface area contributed by atoms with E-state index in [1.54, 1.807) is 14.1 Å². The van der Waals surface area contributed by atoms with Crippen LogP contribution in [0.2, 0.25) is 0 Å². The van der Waals surface area contributed by atoms with E-state index in [-0.39, 0.29) is 24.6 Å². The molecular formula is C8H17ClN2O2. The molecule has 0 aromatic carbocycles. The number of rotatable bonds is 1. The van der Waals surface area contributed by atoms with E-state index < -0.39 is 0 Å². The summed E-state index contributed by atoms with van der Waals surface area (Å²) >= 11 is 0. The summed E-state index contributed by atoms with van der Waals surface area (Å²) in [7, 11) is 3.40. The Morgan fingerprint density at radius 3 is 2.38 bits per heavy atom.